The molecule has 0 bridgehead atoms. The average Bonchev–Trinajstić information content (AvgIpc) is 2.58. The second-order valence-corrected chi connectivity index (χ2v) is 3.33. The van der Waals surface area contributed by atoms with Gasteiger partial charge in [-0.3, -0.25) is 0 Å². The molecular formula is C9H7N2S. The molecule has 1 aromatic heterocycles. The van der Waals surface area contributed by atoms with Crippen LogP contribution in [0.5, 0.6) is 0 Å². The lowest BCUT2D eigenvalue weighted by atomic mass is 10.1. The van der Waals surface area contributed by atoms with E-state index in [-0.39, 0.29) is 0 Å². The van der Waals surface area contributed by atoms with Crippen molar-refractivity contribution in [1.29, 1.82) is 0 Å². The van der Waals surface area contributed by atoms with E-state index in [1.54, 1.807) is 0 Å². The van der Waals surface area contributed by atoms with Gasteiger partial charge in [0.05, 0.1) is 4.88 Å². The standard InChI is InChI=1S/C9H7N2S/c1-7-2-4-8(5-3-7)9-6-10-11-12-9/h2-5H,1H3. The Balaban J connectivity index is 2.43. The lowest BCUT2D eigenvalue weighted by Gasteiger charge is -1.94. The Morgan fingerprint density at radius 1 is 1.25 bits per heavy atom. The van der Waals surface area contributed by atoms with E-state index in [2.05, 4.69) is 47.0 Å². The van der Waals surface area contributed by atoms with Gasteiger partial charge >= 0.3 is 0 Å². The molecule has 0 amide bonds. The summed E-state index contributed by atoms with van der Waals surface area (Å²) in [6.45, 7) is 2.07. The van der Waals surface area contributed by atoms with E-state index >= 15 is 0 Å². The zero-order valence-electron chi connectivity index (χ0n) is 6.61. The second-order valence-electron chi connectivity index (χ2n) is 2.58. The molecular weight excluding hydrogens is 168 g/mol. The van der Waals surface area contributed by atoms with E-state index in [9.17, 15) is 0 Å². The minimum atomic E-state index is 0.995. The van der Waals surface area contributed by atoms with E-state index in [0.29, 0.717) is 0 Å². The monoisotopic (exact) mass is 175 g/mol. The molecule has 0 saturated heterocycles. The third kappa shape index (κ3) is 1.36. The number of rotatable bonds is 1. The maximum absolute atomic E-state index is 3.76. The second kappa shape index (κ2) is 3.03. The van der Waals surface area contributed by atoms with Gasteiger partial charge in [0.1, 0.15) is 6.20 Å². The molecule has 0 unspecified atom stereocenters. The van der Waals surface area contributed by atoms with Crippen molar-refractivity contribution in [2.45, 2.75) is 6.92 Å². The first-order chi connectivity index (χ1) is 5.86. The third-order valence-corrected chi connectivity index (χ3v) is 2.31. The summed E-state index contributed by atoms with van der Waals surface area (Å²) < 4.78 is 3.76. The van der Waals surface area contributed by atoms with Crippen molar-refractivity contribution in [3.63, 3.8) is 0 Å². The Labute approximate surface area is 75.0 Å². The van der Waals surface area contributed by atoms with Gasteiger partial charge in [0.2, 0.25) is 0 Å². The zero-order chi connectivity index (χ0) is 8.39. The van der Waals surface area contributed by atoms with Crippen LogP contribution in [0, 0.1) is 13.1 Å². The molecule has 0 N–H and O–H groups in total. The molecule has 0 saturated carbocycles. The summed E-state index contributed by atoms with van der Waals surface area (Å²) in [7, 11) is 0. The minimum absolute atomic E-state index is 0.995. The first-order valence-corrected chi connectivity index (χ1v) is 4.41. The molecule has 12 heavy (non-hydrogen) atoms. The molecule has 59 valence electrons. The van der Waals surface area contributed by atoms with Crippen LogP contribution in [0.25, 0.3) is 10.4 Å². The van der Waals surface area contributed by atoms with Crippen molar-refractivity contribution in [3.8, 4) is 10.4 Å². The molecule has 1 aromatic carbocycles. The zero-order valence-corrected chi connectivity index (χ0v) is 7.43. The molecule has 0 spiro atoms. The van der Waals surface area contributed by atoms with Crippen LogP contribution in [-0.2, 0) is 0 Å². The van der Waals surface area contributed by atoms with Gasteiger partial charge in [-0.15, -0.1) is 5.10 Å². The Morgan fingerprint density at radius 3 is 2.58 bits per heavy atom. The first-order valence-electron chi connectivity index (χ1n) is 3.63. The van der Waals surface area contributed by atoms with Crippen molar-refractivity contribution < 1.29 is 0 Å². The molecule has 0 atom stereocenters. The molecule has 2 aromatic rings. The van der Waals surface area contributed by atoms with Gasteiger partial charge in [-0.05, 0) is 24.0 Å². The highest BCUT2D eigenvalue weighted by molar-refractivity contribution is 7.09. The lowest BCUT2D eigenvalue weighted by Crippen LogP contribution is -1.73. The van der Waals surface area contributed by atoms with Crippen molar-refractivity contribution in [2.75, 3.05) is 0 Å². The lowest BCUT2D eigenvalue weighted by molar-refractivity contribution is 1.15. The Morgan fingerprint density at radius 2 is 2.00 bits per heavy atom. The van der Waals surface area contributed by atoms with Gasteiger partial charge in [0.15, 0.2) is 0 Å². The summed E-state index contributed by atoms with van der Waals surface area (Å²) in [5.74, 6) is 0. The molecule has 0 aliphatic carbocycles. The van der Waals surface area contributed by atoms with Crippen molar-refractivity contribution in [2.24, 2.45) is 0 Å². The SMILES string of the molecule is Cc1ccc(-c2[c]nns2)cc1. The van der Waals surface area contributed by atoms with E-state index in [1.165, 1.54) is 17.1 Å². The normalized spacial score (nSPS) is 10.1. The highest BCUT2D eigenvalue weighted by Crippen LogP contribution is 2.20. The summed E-state index contributed by atoms with van der Waals surface area (Å²) in [6, 6.07) is 8.26. The van der Waals surface area contributed by atoms with Crippen molar-refractivity contribution in [3.05, 3.63) is 36.0 Å². The quantitative estimate of drug-likeness (QED) is 0.664. The molecule has 0 fully saturated rings. The van der Waals surface area contributed by atoms with Gasteiger partial charge in [0.25, 0.3) is 0 Å². The van der Waals surface area contributed by atoms with Crippen LogP contribution in [0.1, 0.15) is 5.56 Å². The largest absolute Gasteiger partial charge is 0.136 e. The molecule has 3 heteroatoms. The number of hydrogen-bond donors (Lipinski definition) is 0. The van der Waals surface area contributed by atoms with Crippen LogP contribution in [0.3, 0.4) is 0 Å². The molecule has 1 radical (unpaired) electrons. The van der Waals surface area contributed by atoms with Crippen molar-refractivity contribution in [1.82, 2.24) is 9.59 Å². The minimum Gasteiger partial charge on any atom is -0.136 e. The molecule has 0 aliphatic heterocycles. The number of aryl methyl sites for hydroxylation is 1. The van der Waals surface area contributed by atoms with E-state index in [1.807, 2.05) is 0 Å². The third-order valence-electron chi connectivity index (χ3n) is 1.64. The summed E-state index contributed by atoms with van der Waals surface area (Å²) >= 11 is 1.37. The highest BCUT2D eigenvalue weighted by atomic mass is 32.1. The van der Waals surface area contributed by atoms with E-state index in [4.69, 9.17) is 0 Å². The van der Waals surface area contributed by atoms with Crippen LogP contribution in [0.15, 0.2) is 24.3 Å². The van der Waals surface area contributed by atoms with Crippen LogP contribution in [0.4, 0.5) is 0 Å². The van der Waals surface area contributed by atoms with E-state index in [0.717, 1.165) is 10.4 Å². The number of hydrogen-bond acceptors (Lipinski definition) is 3. The predicted molar refractivity (Wildman–Crippen MR) is 48.9 cm³/mol. The first kappa shape index (κ1) is 7.43. The van der Waals surface area contributed by atoms with Gasteiger partial charge in [-0.2, -0.15) is 0 Å². The maximum atomic E-state index is 3.76. The van der Waals surface area contributed by atoms with Crippen LogP contribution < -0.4 is 0 Å². The van der Waals surface area contributed by atoms with Crippen LogP contribution >= 0.6 is 11.5 Å². The fraction of sp³-hybridized carbons (Fsp3) is 0.111. The highest BCUT2D eigenvalue weighted by Gasteiger charge is 1.99. The van der Waals surface area contributed by atoms with E-state index < -0.39 is 0 Å². The number of nitrogens with zero attached hydrogens (tertiary/aromatic N) is 2. The molecule has 0 aliphatic rings. The average molecular weight is 175 g/mol. The van der Waals surface area contributed by atoms with Gasteiger partial charge in [-0.1, -0.05) is 34.3 Å². The summed E-state index contributed by atoms with van der Waals surface area (Å²) in [6.07, 6.45) is 2.83. The predicted octanol–water partition coefficient (Wildman–Crippen LogP) is 2.31. The van der Waals surface area contributed by atoms with Crippen LogP contribution in [-0.4, -0.2) is 9.59 Å². The Kier molecular flexibility index (Phi) is 1.87. The molecule has 2 rings (SSSR count). The smallest absolute Gasteiger partial charge is 0.135 e. The van der Waals surface area contributed by atoms with Gasteiger partial charge < -0.3 is 0 Å². The number of aromatic nitrogens is 2. The summed E-state index contributed by atoms with van der Waals surface area (Å²) in [5.41, 5.74) is 2.40. The number of benzene rings is 1. The maximum Gasteiger partial charge on any atom is 0.135 e. The Bertz CT molecular complexity index is 351. The van der Waals surface area contributed by atoms with Gasteiger partial charge in [-0.25, -0.2) is 0 Å². The molecule has 1 heterocycles. The summed E-state index contributed by atoms with van der Waals surface area (Å²) in [5, 5.41) is 3.66. The summed E-state index contributed by atoms with van der Waals surface area (Å²) in [4.78, 5) is 0.995. The molecule has 2 nitrogen and oxygen atoms in total. The van der Waals surface area contributed by atoms with Crippen LogP contribution in [0.2, 0.25) is 0 Å². The Hall–Kier alpha value is -1.22. The fourth-order valence-corrected chi connectivity index (χ4v) is 1.46. The fourth-order valence-electron chi connectivity index (χ4n) is 0.970. The van der Waals surface area contributed by atoms with Gasteiger partial charge in [0, 0.05) is 0 Å². The topological polar surface area (TPSA) is 25.8 Å². The van der Waals surface area contributed by atoms with Crippen molar-refractivity contribution >= 4 is 11.5 Å².